The van der Waals surface area contributed by atoms with Crippen LogP contribution in [0, 0.1) is 0 Å². The van der Waals surface area contributed by atoms with Gasteiger partial charge in [0.25, 0.3) is 0 Å². The summed E-state index contributed by atoms with van der Waals surface area (Å²) >= 11 is 0. The lowest BCUT2D eigenvalue weighted by Crippen LogP contribution is -2.33. The molecule has 0 heterocycles. The molecular weight excluding hydrogens is 633 g/mol. The normalized spacial score (nSPS) is 12.0. The number of esters is 2. The van der Waals surface area contributed by atoms with E-state index in [1.54, 1.807) is 12.1 Å². The van der Waals surface area contributed by atoms with Crippen LogP contribution in [0.2, 0.25) is 0 Å². The summed E-state index contributed by atoms with van der Waals surface area (Å²) in [6, 6.07) is 20.0. The molecule has 0 spiro atoms. The van der Waals surface area contributed by atoms with Crippen LogP contribution in [0.5, 0.6) is 11.5 Å². The van der Waals surface area contributed by atoms with E-state index < -0.39 is 24.2 Å². The number of carbonyl (C=O) groups excluding carboxylic acids is 2. The van der Waals surface area contributed by atoms with Gasteiger partial charge in [0.2, 0.25) is 0 Å². The minimum Gasteiger partial charge on any atom is -0.494 e. The first kappa shape index (κ1) is 39.6. The minimum atomic E-state index is -4.68. The number of ether oxygens (including phenoxy) is 4. The van der Waals surface area contributed by atoms with Crippen LogP contribution < -0.4 is 9.47 Å². The lowest BCUT2D eigenvalue weighted by Gasteiger charge is -2.20. The summed E-state index contributed by atoms with van der Waals surface area (Å²) in [6.07, 6.45) is 5.66. The van der Waals surface area contributed by atoms with E-state index in [2.05, 4.69) is 6.92 Å². The van der Waals surface area contributed by atoms with Crippen molar-refractivity contribution in [2.75, 3.05) is 19.8 Å². The van der Waals surface area contributed by atoms with Crippen molar-refractivity contribution >= 4 is 11.9 Å². The van der Waals surface area contributed by atoms with Crippen LogP contribution in [0.15, 0.2) is 72.8 Å². The summed E-state index contributed by atoms with van der Waals surface area (Å²) in [4.78, 5) is 25.2. The fourth-order valence-electron chi connectivity index (χ4n) is 5.31. The Balaban J connectivity index is 1.42. The van der Waals surface area contributed by atoms with E-state index in [0.717, 1.165) is 23.3 Å². The van der Waals surface area contributed by atoms with Crippen molar-refractivity contribution in [1.82, 2.24) is 0 Å². The molecule has 0 aliphatic carbocycles. The molecule has 0 saturated carbocycles. The molecule has 0 amide bonds. The van der Waals surface area contributed by atoms with Crippen molar-refractivity contribution in [3.63, 3.8) is 0 Å². The molecule has 0 N–H and O–H groups in total. The maximum atomic E-state index is 13.5. The fraction of sp³-hybridized carbons (Fsp3) is 0.500. The molecule has 0 aromatic heterocycles. The zero-order chi connectivity index (χ0) is 35.3. The van der Waals surface area contributed by atoms with Gasteiger partial charge in [-0.1, -0.05) is 89.0 Å². The second-order valence-corrected chi connectivity index (χ2v) is 12.2. The van der Waals surface area contributed by atoms with Crippen molar-refractivity contribution < 1.29 is 41.7 Å². The number of carbonyl (C=O) groups is 2. The Kier molecular flexibility index (Phi) is 17.8. The molecule has 9 heteroatoms. The van der Waals surface area contributed by atoms with Crippen LogP contribution in [0.4, 0.5) is 13.2 Å². The van der Waals surface area contributed by atoms with Gasteiger partial charge in [-0.25, -0.2) is 9.59 Å². The van der Waals surface area contributed by atoms with Crippen LogP contribution in [-0.2, 0) is 9.47 Å². The number of rotatable bonds is 23. The minimum absolute atomic E-state index is 0.0744. The Bertz CT molecular complexity index is 1350. The summed E-state index contributed by atoms with van der Waals surface area (Å²) in [5.74, 6) is -0.732. The average Bonchev–Trinajstić information content (AvgIpc) is 3.10. The quantitative estimate of drug-likeness (QED) is 0.0562. The van der Waals surface area contributed by atoms with Crippen molar-refractivity contribution in [1.29, 1.82) is 0 Å². The Labute approximate surface area is 289 Å². The molecule has 1 atom stereocenters. The number of benzene rings is 3. The molecule has 0 fully saturated rings. The zero-order valence-electron chi connectivity index (χ0n) is 28.9. The first-order valence-corrected chi connectivity index (χ1v) is 17.7. The maximum Gasteiger partial charge on any atom is 0.425 e. The second-order valence-electron chi connectivity index (χ2n) is 12.2. The van der Waals surface area contributed by atoms with Gasteiger partial charge in [-0.05, 0) is 92.3 Å². The van der Waals surface area contributed by atoms with Crippen LogP contribution in [-0.4, -0.2) is 44.0 Å². The van der Waals surface area contributed by atoms with Gasteiger partial charge in [-0.2, -0.15) is 13.2 Å². The van der Waals surface area contributed by atoms with Crippen molar-refractivity contribution in [2.24, 2.45) is 0 Å². The lowest BCUT2D eigenvalue weighted by atomic mass is 10.0. The van der Waals surface area contributed by atoms with Crippen molar-refractivity contribution in [2.45, 2.75) is 110 Å². The van der Waals surface area contributed by atoms with Crippen LogP contribution in [0.3, 0.4) is 0 Å². The van der Waals surface area contributed by atoms with E-state index in [4.69, 9.17) is 18.9 Å². The third-order valence-corrected chi connectivity index (χ3v) is 8.20. The summed E-state index contributed by atoms with van der Waals surface area (Å²) in [7, 11) is 0. The fourth-order valence-corrected chi connectivity index (χ4v) is 5.31. The van der Waals surface area contributed by atoms with E-state index >= 15 is 0 Å². The molecule has 0 aliphatic heterocycles. The second kappa shape index (κ2) is 22.0. The molecule has 0 bridgehead atoms. The molecule has 0 saturated heterocycles. The predicted molar refractivity (Wildman–Crippen MR) is 186 cm³/mol. The predicted octanol–water partition coefficient (Wildman–Crippen LogP) is 11.2. The Morgan fingerprint density at radius 1 is 0.592 bits per heavy atom. The smallest absolute Gasteiger partial charge is 0.425 e. The highest BCUT2D eigenvalue weighted by Crippen LogP contribution is 2.29. The SMILES string of the molecule is CCCCCCCCCCCOc1ccc(-c2ccc(C(=O)Oc3ccc(C(=O)OC(CCCCCOCC)C(F)(F)F)cc3)cc2)cc1. The highest BCUT2D eigenvalue weighted by molar-refractivity contribution is 5.92. The van der Waals surface area contributed by atoms with Crippen LogP contribution in [0.1, 0.15) is 118 Å². The summed E-state index contributed by atoms with van der Waals surface area (Å²) in [5, 5.41) is 0. The Morgan fingerprint density at radius 3 is 1.67 bits per heavy atom. The van der Waals surface area contributed by atoms with Gasteiger partial charge in [0.15, 0.2) is 6.10 Å². The van der Waals surface area contributed by atoms with E-state index in [-0.39, 0.29) is 24.2 Å². The number of alkyl halides is 3. The van der Waals surface area contributed by atoms with E-state index in [1.807, 2.05) is 43.3 Å². The van der Waals surface area contributed by atoms with Crippen LogP contribution >= 0.6 is 0 Å². The average molecular weight is 685 g/mol. The van der Waals surface area contributed by atoms with Gasteiger partial charge in [-0.3, -0.25) is 0 Å². The number of hydrogen-bond acceptors (Lipinski definition) is 6. The zero-order valence-corrected chi connectivity index (χ0v) is 28.9. The highest BCUT2D eigenvalue weighted by atomic mass is 19.4. The van der Waals surface area contributed by atoms with Gasteiger partial charge < -0.3 is 18.9 Å². The Hall–Kier alpha value is -3.85. The van der Waals surface area contributed by atoms with Crippen LogP contribution in [0.25, 0.3) is 11.1 Å². The number of halogens is 3. The molecule has 1 unspecified atom stereocenters. The van der Waals surface area contributed by atoms with E-state index in [0.29, 0.717) is 38.2 Å². The largest absolute Gasteiger partial charge is 0.494 e. The molecule has 3 aromatic carbocycles. The summed E-state index contributed by atoms with van der Waals surface area (Å²) < 4.78 is 61.8. The van der Waals surface area contributed by atoms with Gasteiger partial charge in [0, 0.05) is 13.2 Å². The molecule has 6 nitrogen and oxygen atoms in total. The maximum absolute atomic E-state index is 13.5. The lowest BCUT2D eigenvalue weighted by molar-refractivity contribution is -0.206. The third kappa shape index (κ3) is 15.1. The molecule has 268 valence electrons. The topological polar surface area (TPSA) is 71.1 Å². The number of hydrogen-bond donors (Lipinski definition) is 0. The first-order valence-electron chi connectivity index (χ1n) is 17.7. The molecule has 49 heavy (non-hydrogen) atoms. The van der Waals surface area contributed by atoms with E-state index in [9.17, 15) is 22.8 Å². The Morgan fingerprint density at radius 2 is 1.08 bits per heavy atom. The molecular formula is C40H51F3O6. The monoisotopic (exact) mass is 684 g/mol. The standard InChI is InChI=1S/C40H51F3O6/c1-3-5-6-7-8-9-10-11-15-30-47-35-25-21-32(22-26-35)31-17-19-33(20-18-31)38(44)48-36-27-23-34(24-28-36)39(45)49-37(40(41,42)43)16-13-12-14-29-46-4-2/h17-28,37H,3-16,29-30H2,1-2H3. The summed E-state index contributed by atoms with van der Waals surface area (Å²) in [5.41, 5.74) is 2.15. The van der Waals surface area contributed by atoms with E-state index in [1.165, 1.54) is 75.6 Å². The van der Waals surface area contributed by atoms with Gasteiger partial charge in [0.1, 0.15) is 11.5 Å². The highest BCUT2D eigenvalue weighted by Gasteiger charge is 2.42. The summed E-state index contributed by atoms with van der Waals surface area (Å²) in [6.45, 7) is 5.83. The van der Waals surface area contributed by atoms with Crippen molar-refractivity contribution in [3.8, 4) is 22.6 Å². The third-order valence-electron chi connectivity index (χ3n) is 8.20. The molecule has 3 rings (SSSR count). The van der Waals surface area contributed by atoms with Gasteiger partial charge >= 0.3 is 18.1 Å². The van der Waals surface area contributed by atoms with Gasteiger partial charge in [-0.15, -0.1) is 0 Å². The molecule has 0 aliphatic rings. The van der Waals surface area contributed by atoms with Gasteiger partial charge in [0.05, 0.1) is 17.7 Å². The van der Waals surface area contributed by atoms with Crippen molar-refractivity contribution in [3.05, 3.63) is 83.9 Å². The molecule has 3 aromatic rings. The number of unbranched alkanes of at least 4 members (excludes halogenated alkanes) is 10. The first-order chi connectivity index (χ1) is 23.7. The molecule has 0 radical (unpaired) electrons.